The van der Waals surface area contributed by atoms with Gasteiger partial charge in [-0.3, -0.25) is 24.0 Å². The van der Waals surface area contributed by atoms with E-state index in [-0.39, 0.29) is 64.2 Å². The molecule has 10 N–H and O–H groups in total. The van der Waals surface area contributed by atoms with Crippen molar-refractivity contribution in [2.45, 2.75) is 135 Å². The van der Waals surface area contributed by atoms with Crippen LogP contribution in [0.15, 0.2) is 128 Å². The van der Waals surface area contributed by atoms with Crippen molar-refractivity contribution in [3.63, 3.8) is 0 Å². The largest absolute Gasteiger partial charge is 1.00 e. The number of ketones is 1. The number of aromatic amines is 4. The molecule has 14 nitrogen and oxygen atoms in total. The summed E-state index contributed by atoms with van der Waals surface area (Å²) in [6.07, 6.45) is -16.9. The number of anilines is 4. The van der Waals surface area contributed by atoms with E-state index in [9.17, 15) is 81.8 Å². The van der Waals surface area contributed by atoms with E-state index >= 15 is 0 Å². The summed E-state index contributed by atoms with van der Waals surface area (Å²) in [7, 11) is 0. The van der Waals surface area contributed by atoms with Crippen LogP contribution in [0.5, 0.6) is 0 Å². The van der Waals surface area contributed by atoms with Crippen LogP contribution in [-0.2, 0) is 29.5 Å². The molecule has 0 aliphatic rings. The van der Waals surface area contributed by atoms with Crippen molar-refractivity contribution in [3.8, 4) is 0 Å². The molecule has 0 aliphatic heterocycles. The van der Waals surface area contributed by atoms with Gasteiger partial charge in [-0.25, -0.2) is 0 Å². The van der Waals surface area contributed by atoms with Gasteiger partial charge in [-0.15, -0.1) is 6.58 Å². The number of fused-ring (bicyclic) bond motifs is 4. The zero-order chi connectivity index (χ0) is 65.1. The number of Topliss-reactive ketones (excluding diaryl/α,β-unsaturated/α-hetero) is 1. The summed E-state index contributed by atoms with van der Waals surface area (Å²) in [5, 5.41) is 19.3. The van der Waals surface area contributed by atoms with E-state index in [1.54, 1.807) is 19.9 Å². The Kier molecular flexibility index (Phi) is 20.0. The quantitative estimate of drug-likeness (QED) is 0.0319. The maximum atomic E-state index is 13.1. The van der Waals surface area contributed by atoms with E-state index in [1.165, 1.54) is 73.7 Å². The number of alkyl halides is 12. The normalized spacial score (nSPS) is 12.6. The second-order valence-electron chi connectivity index (χ2n) is 23.3. The molecule has 0 atom stereocenters. The molecule has 26 heteroatoms. The fourth-order valence-corrected chi connectivity index (χ4v) is 9.99. The minimum absolute atomic E-state index is 0. The smallest absolute Gasteiger partial charge is 0.399 e. The number of aromatic nitrogens is 4. The maximum absolute atomic E-state index is 13.1. The highest BCUT2D eigenvalue weighted by atomic mass is 19.4. The van der Waals surface area contributed by atoms with E-state index in [0.29, 0.717) is 59.9 Å². The summed E-state index contributed by atoms with van der Waals surface area (Å²) in [6.45, 7) is 22.0. The molecule has 8 rings (SSSR count). The number of rotatable bonds is 12. The van der Waals surface area contributed by atoms with E-state index < -0.39 is 85.9 Å². The van der Waals surface area contributed by atoms with Gasteiger partial charge in [-0.2, -0.15) is 52.7 Å². The molecule has 86 heavy (non-hydrogen) atoms. The number of benzene rings is 4. The molecular weight excluding hydrogens is 1160 g/mol. The van der Waals surface area contributed by atoms with E-state index in [4.69, 9.17) is 5.73 Å². The fraction of sp³-hybridized carbons (Fsp3) is 0.350. The van der Waals surface area contributed by atoms with E-state index in [0.717, 1.165) is 5.57 Å². The van der Waals surface area contributed by atoms with Crippen molar-refractivity contribution in [3.05, 3.63) is 173 Å². The molecule has 464 valence electrons. The molecule has 4 heterocycles. The van der Waals surface area contributed by atoms with Crippen LogP contribution in [0.25, 0.3) is 43.6 Å². The molecular formula is C60H66F12N8O6+2. The average Bonchev–Trinajstić information content (AvgIpc) is 3.32. The van der Waals surface area contributed by atoms with Crippen LogP contribution in [0, 0.1) is 0 Å². The molecule has 0 amide bonds. The van der Waals surface area contributed by atoms with Crippen molar-refractivity contribution in [1.82, 2.24) is 19.9 Å². The SMILES string of the molecule is C=C(C)CC(C)(C)Nc1ccc2c(C(F)(F)F)cc(=O)[nH]c2c1.CC(=O)CC(C)(C)Nc1ccc2c(C(F)(F)F)cc(=O)[nH]c2c1.CC(C)(O)CC(C)(C)Nc1ccc2c(C(F)(F)F)cc(=O)[nH]c2c1.Nc1ccc2c(C(F)(F)F)cc(=O)[nH]c2c1.[H+].[H+]. The first kappa shape index (κ1) is 68.2. The topological polar surface area (TPSA) is 231 Å². The van der Waals surface area contributed by atoms with Gasteiger partial charge in [0.15, 0.2) is 0 Å². The fourth-order valence-electron chi connectivity index (χ4n) is 9.99. The number of hydrogen-bond donors (Lipinski definition) is 9. The lowest BCUT2D eigenvalue weighted by atomic mass is 9.89. The Balaban J connectivity index is 0.000000307. The predicted octanol–water partition coefficient (Wildman–Crippen LogP) is 14.7. The standard InChI is InChI=1S/C17H21F3N2O2.C17H19F3N2O.C16H17F3N2O2.C10H7F3N2O/c1-15(2,9-16(3,4)24)22-10-5-6-11-12(17(18,19)20)8-14(23)21-13(11)7-10;1-10(2)9-16(3,4)22-11-5-6-12-13(17(18,19)20)8-15(23)21-14(12)7-11;1-9(22)8-15(2,3)21-10-4-5-11-12(16(17,18)19)7-14(23)20-13(11)6-10;11-10(12,13)7-4-9(16)15-8-3-5(14)1-2-6(7)8/h5-8,22,24H,9H2,1-4H3,(H,21,23);5-8,22H,1,9H2,2-4H3,(H,21,23);4-7,21H,8H2,1-3H3,(H,20,23);1-4H,14H2,(H,15,16)/p+2. The van der Waals surface area contributed by atoms with Crippen LogP contribution in [0.3, 0.4) is 0 Å². The minimum Gasteiger partial charge on any atom is -0.399 e. The Morgan fingerprint density at radius 2 is 0.721 bits per heavy atom. The van der Waals surface area contributed by atoms with Gasteiger partial charge >= 0.3 is 27.6 Å². The lowest BCUT2D eigenvalue weighted by Crippen LogP contribution is -2.39. The van der Waals surface area contributed by atoms with Crippen molar-refractivity contribution in [1.29, 1.82) is 0 Å². The number of H-pyrrole nitrogens is 4. The van der Waals surface area contributed by atoms with Gasteiger partial charge in [0.25, 0.3) is 0 Å². The summed E-state index contributed by atoms with van der Waals surface area (Å²) in [5.41, 5.74) is -0.358. The lowest BCUT2D eigenvalue weighted by Gasteiger charge is -2.33. The molecule has 0 fully saturated rings. The number of halogens is 12. The molecule has 4 aromatic carbocycles. The Morgan fingerprint density at radius 1 is 0.453 bits per heavy atom. The second kappa shape index (κ2) is 25.2. The minimum atomic E-state index is -4.60. The third-order valence-corrected chi connectivity index (χ3v) is 12.4. The van der Waals surface area contributed by atoms with Gasteiger partial charge in [0, 0.05) is 91.6 Å². The number of carbonyl (C=O) groups excluding carboxylic acids is 1. The summed E-state index contributed by atoms with van der Waals surface area (Å²) in [6, 6.07) is 19.2. The Bertz CT molecular complexity index is 3930. The molecule has 8 aromatic rings. The van der Waals surface area contributed by atoms with E-state index in [2.05, 4.69) is 42.5 Å². The number of hydrogen-bond acceptors (Lipinski definition) is 10. The maximum Gasteiger partial charge on any atom is 1.00 e. The Morgan fingerprint density at radius 3 is 0.988 bits per heavy atom. The Hall–Kier alpha value is -8.55. The summed E-state index contributed by atoms with van der Waals surface area (Å²) >= 11 is 0. The van der Waals surface area contributed by atoms with Crippen LogP contribution in [0.4, 0.5) is 75.4 Å². The number of nitrogen functional groups attached to an aromatic ring is 1. The summed E-state index contributed by atoms with van der Waals surface area (Å²) in [5.74, 6) is -0.00365. The Labute approximate surface area is 486 Å². The van der Waals surface area contributed by atoms with Crippen LogP contribution in [0.2, 0.25) is 0 Å². The highest BCUT2D eigenvalue weighted by Crippen LogP contribution is 2.38. The second-order valence-corrected chi connectivity index (χ2v) is 23.3. The van der Waals surface area contributed by atoms with Gasteiger partial charge in [-0.1, -0.05) is 29.8 Å². The van der Waals surface area contributed by atoms with Crippen LogP contribution in [0.1, 0.15) is 114 Å². The molecule has 0 unspecified atom stereocenters. The molecule has 0 saturated heterocycles. The zero-order valence-electron chi connectivity index (χ0n) is 50.2. The first-order valence-electron chi connectivity index (χ1n) is 26.0. The van der Waals surface area contributed by atoms with E-state index in [1.807, 2.05) is 48.5 Å². The third-order valence-electron chi connectivity index (χ3n) is 12.4. The van der Waals surface area contributed by atoms with Crippen molar-refractivity contribution in [2.24, 2.45) is 0 Å². The zero-order valence-corrected chi connectivity index (χ0v) is 48.2. The molecule has 0 radical (unpaired) electrons. The van der Waals surface area contributed by atoms with Gasteiger partial charge in [0.05, 0.1) is 49.9 Å². The van der Waals surface area contributed by atoms with Crippen LogP contribution >= 0.6 is 0 Å². The molecule has 0 aliphatic carbocycles. The van der Waals surface area contributed by atoms with Gasteiger partial charge in [0.1, 0.15) is 5.78 Å². The third kappa shape index (κ3) is 19.5. The van der Waals surface area contributed by atoms with Crippen molar-refractivity contribution in [2.75, 3.05) is 21.7 Å². The molecule has 0 saturated carbocycles. The highest BCUT2D eigenvalue weighted by Gasteiger charge is 2.37. The first-order chi connectivity index (χ1) is 39.1. The van der Waals surface area contributed by atoms with Crippen LogP contribution in [-0.4, -0.2) is 53.0 Å². The van der Waals surface area contributed by atoms with Gasteiger partial charge in [0.2, 0.25) is 22.2 Å². The monoisotopic (exact) mass is 1220 g/mol. The number of pyridine rings is 4. The highest BCUT2D eigenvalue weighted by molar-refractivity contribution is 5.88. The molecule has 0 bridgehead atoms. The van der Waals surface area contributed by atoms with Crippen molar-refractivity contribution >= 4 is 72.1 Å². The number of nitrogens with two attached hydrogens (primary N) is 1. The number of aliphatic hydroxyl groups is 1. The van der Waals surface area contributed by atoms with Gasteiger partial charge in [-0.05, 0) is 131 Å². The summed E-state index contributed by atoms with van der Waals surface area (Å²) < 4.78 is 155. The predicted molar refractivity (Wildman–Crippen MR) is 314 cm³/mol. The van der Waals surface area contributed by atoms with Crippen LogP contribution < -0.4 is 43.9 Å². The number of carbonyl (C=O) groups is 1. The average molecular weight is 1220 g/mol. The molecule has 4 aromatic heterocycles. The van der Waals surface area contributed by atoms with Gasteiger partial charge < -0.3 is 46.7 Å². The number of nitrogens with one attached hydrogen (secondary N) is 7. The lowest BCUT2D eigenvalue weighted by molar-refractivity contribution is -0.137. The molecule has 0 spiro atoms. The van der Waals surface area contributed by atoms with Crippen molar-refractivity contribution < 1.29 is 65.4 Å². The summed E-state index contributed by atoms with van der Waals surface area (Å²) in [4.78, 5) is 66.4. The first-order valence-corrected chi connectivity index (χ1v) is 26.0.